The molecule has 5 heteroatoms. The highest BCUT2D eigenvalue weighted by molar-refractivity contribution is 6.05. The van der Waals surface area contributed by atoms with E-state index in [1.54, 1.807) is 18.0 Å². The van der Waals surface area contributed by atoms with Gasteiger partial charge in [-0.2, -0.15) is 0 Å². The lowest BCUT2D eigenvalue weighted by molar-refractivity contribution is -0.118. The van der Waals surface area contributed by atoms with Gasteiger partial charge in [-0.25, -0.2) is 0 Å². The van der Waals surface area contributed by atoms with Crippen molar-refractivity contribution in [1.29, 1.82) is 0 Å². The molecule has 0 fully saturated rings. The monoisotopic (exact) mass is 324 g/mol. The SMILES string of the molecule is CN1C(=O)CCc2cc(C(=O)Nc3ccc(CCO)cc3)ccc21. The number of hydrogen-bond donors (Lipinski definition) is 2. The maximum Gasteiger partial charge on any atom is 0.255 e. The summed E-state index contributed by atoms with van der Waals surface area (Å²) in [5.74, 6) is -0.0741. The summed E-state index contributed by atoms with van der Waals surface area (Å²) in [7, 11) is 1.76. The van der Waals surface area contributed by atoms with Gasteiger partial charge in [-0.15, -0.1) is 0 Å². The van der Waals surface area contributed by atoms with Crippen molar-refractivity contribution in [2.45, 2.75) is 19.3 Å². The van der Waals surface area contributed by atoms with Gasteiger partial charge in [-0.1, -0.05) is 12.1 Å². The summed E-state index contributed by atoms with van der Waals surface area (Å²) in [4.78, 5) is 25.8. The molecule has 5 nitrogen and oxygen atoms in total. The first kappa shape index (κ1) is 16.2. The number of anilines is 2. The van der Waals surface area contributed by atoms with E-state index < -0.39 is 0 Å². The number of rotatable bonds is 4. The smallest absolute Gasteiger partial charge is 0.255 e. The molecule has 0 spiro atoms. The highest BCUT2D eigenvalue weighted by Crippen LogP contribution is 2.27. The van der Waals surface area contributed by atoms with E-state index in [0.717, 1.165) is 16.8 Å². The van der Waals surface area contributed by atoms with E-state index in [-0.39, 0.29) is 18.4 Å². The van der Waals surface area contributed by atoms with E-state index in [2.05, 4.69) is 5.32 Å². The van der Waals surface area contributed by atoms with E-state index in [0.29, 0.717) is 30.5 Å². The van der Waals surface area contributed by atoms with Crippen molar-refractivity contribution in [2.75, 3.05) is 23.9 Å². The van der Waals surface area contributed by atoms with Gasteiger partial charge < -0.3 is 15.3 Å². The number of amides is 2. The first-order valence-electron chi connectivity index (χ1n) is 7.99. The van der Waals surface area contributed by atoms with Gasteiger partial charge in [-0.3, -0.25) is 9.59 Å². The fraction of sp³-hybridized carbons (Fsp3) is 0.263. The number of hydrogen-bond acceptors (Lipinski definition) is 3. The minimum Gasteiger partial charge on any atom is -0.396 e. The number of carbonyl (C=O) groups excluding carboxylic acids is 2. The number of aliphatic hydroxyl groups excluding tert-OH is 1. The summed E-state index contributed by atoms with van der Waals surface area (Å²) in [5, 5.41) is 11.8. The first-order chi connectivity index (χ1) is 11.6. The Bertz CT molecular complexity index is 769. The number of aryl methyl sites for hydroxylation is 1. The summed E-state index contributed by atoms with van der Waals surface area (Å²) in [6.07, 6.45) is 1.74. The number of fused-ring (bicyclic) bond motifs is 1. The standard InChI is InChI=1S/C19H20N2O3/c1-21-17-8-4-15(12-14(17)5-9-18(21)23)19(24)20-16-6-2-13(3-7-16)10-11-22/h2-4,6-8,12,22H,5,9-11H2,1H3,(H,20,24). The molecular formula is C19H20N2O3. The Balaban J connectivity index is 1.74. The molecule has 0 aromatic heterocycles. The summed E-state index contributed by atoms with van der Waals surface area (Å²) >= 11 is 0. The molecule has 2 aromatic carbocycles. The van der Waals surface area contributed by atoms with Gasteiger partial charge in [0.15, 0.2) is 0 Å². The Morgan fingerprint density at radius 2 is 1.92 bits per heavy atom. The van der Waals surface area contributed by atoms with Crippen LogP contribution in [0.5, 0.6) is 0 Å². The molecule has 0 saturated heterocycles. The van der Waals surface area contributed by atoms with Crippen LogP contribution in [0.3, 0.4) is 0 Å². The maximum absolute atomic E-state index is 12.4. The predicted octanol–water partition coefficient (Wildman–Crippen LogP) is 2.38. The van der Waals surface area contributed by atoms with Crippen LogP contribution in [-0.2, 0) is 17.6 Å². The number of aliphatic hydroxyl groups is 1. The lowest BCUT2D eigenvalue weighted by atomic mass is 9.99. The molecule has 124 valence electrons. The van der Waals surface area contributed by atoms with Crippen molar-refractivity contribution in [1.82, 2.24) is 0 Å². The van der Waals surface area contributed by atoms with Crippen LogP contribution in [0.2, 0.25) is 0 Å². The van der Waals surface area contributed by atoms with E-state index >= 15 is 0 Å². The second kappa shape index (κ2) is 6.84. The van der Waals surface area contributed by atoms with Crippen LogP contribution in [-0.4, -0.2) is 30.6 Å². The normalized spacial score (nSPS) is 13.6. The molecule has 0 unspecified atom stereocenters. The fourth-order valence-electron chi connectivity index (χ4n) is 2.88. The zero-order valence-corrected chi connectivity index (χ0v) is 13.6. The van der Waals surface area contributed by atoms with E-state index in [1.165, 1.54) is 0 Å². The summed E-state index contributed by atoms with van der Waals surface area (Å²) in [6.45, 7) is 0.109. The second-order valence-electron chi connectivity index (χ2n) is 5.92. The highest BCUT2D eigenvalue weighted by atomic mass is 16.3. The molecule has 1 aliphatic heterocycles. The zero-order valence-electron chi connectivity index (χ0n) is 13.6. The van der Waals surface area contributed by atoms with Crippen LogP contribution in [0.15, 0.2) is 42.5 Å². The van der Waals surface area contributed by atoms with Crippen molar-refractivity contribution in [3.05, 3.63) is 59.2 Å². The van der Waals surface area contributed by atoms with Crippen LogP contribution >= 0.6 is 0 Å². The van der Waals surface area contributed by atoms with Crippen molar-refractivity contribution < 1.29 is 14.7 Å². The topological polar surface area (TPSA) is 69.6 Å². The van der Waals surface area contributed by atoms with Gasteiger partial charge in [-0.05, 0) is 54.3 Å². The molecule has 24 heavy (non-hydrogen) atoms. The molecule has 0 aliphatic carbocycles. The summed E-state index contributed by atoms with van der Waals surface area (Å²) in [5.41, 5.74) is 4.21. The molecule has 2 amide bonds. The molecule has 0 atom stereocenters. The third-order valence-electron chi connectivity index (χ3n) is 4.30. The molecule has 1 heterocycles. The average molecular weight is 324 g/mol. The Hall–Kier alpha value is -2.66. The molecule has 3 rings (SSSR count). The molecule has 2 N–H and O–H groups in total. The van der Waals surface area contributed by atoms with Gasteiger partial charge in [0.2, 0.25) is 5.91 Å². The predicted molar refractivity (Wildman–Crippen MR) is 93.4 cm³/mol. The van der Waals surface area contributed by atoms with Crippen molar-refractivity contribution in [3.63, 3.8) is 0 Å². The van der Waals surface area contributed by atoms with Crippen LogP contribution in [0, 0.1) is 0 Å². The van der Waals surface area contributed by atoms with Crippen LogP contribution in [0.25, 0.3) is 0 Å². The van der Waals surface area contributed by atoms with Crippen molar-refractivity contribution in [2.24, 2.45) is 0 Å². The van der Waals surface area contributed by atoms with Crippen molar-refractivity contribution >= 4 is 23.2 Å². The minimum absolute atomic E-state index is 0.0997. The third kappa shape index (κ3) is 3.31. The summed E-state index contributed by atoms with van der Waals surface area (Å²) in [6, 6.07) is 12.9. The van der Waals surface area contributed by atoms with Gasteiger partial charge in [0.1, 0.15) is 0 Å². The lowest BCUT2D eigenvalue weighted by Crippen LogP contribution is -2.31. The third-order valence-corrected chi connectivity index (χ3v) is 4.30. The highest BCUT2D eigenvalue weighted by Gasteiger charge is 2.21. The maximum atomic E-state index is 12.4. The van der Waals surface area contributed by atoms with Gasteiger partial charge in [0.05, 0.1) is 0 Å². The molecule has 1 aliphatic rings. The number of benzene rings is 2. The van der Waals surface area contributed by atoms with Crippen molar-refractivity contribution in [3.8, 4) is 0 Å². The number of nitrogens with one attached hydrogen (secondary N) is 1. The Kier molecular flexibility index (Phi) is 4.62. The number of carbonyl (C=O) groups is 2. The summed E-state index contributed by atoms with van der Waals surface area (Å²) < 4.78 is 0. The Morgan fingerprint density at radius 3 is 2.62 bits per heavy atom. The zero-order chi connectivity index (χ0) is 17.1. The molecule has 2 aromatic rings. The van der Waals surface area contributed by atoms with E-state index in [9.17, 15) is 9.59 Å². The van der Waals surface area contributed by atoms with Gasteiger partial charge >= 0.3 is 0 Å². The average Bonchev–Trinajstić information content (AvgIpc) is 2.60. The van der Waals surface area contributed by atoms with Crippen LogP contribution < -0.4 is 10.2 Å². The van der Waals surface area contributed by atoms with Gasteiger partial charge in [0.25, 0.3) is 5.91 Å². The lowest BCUT2D eigenvalue weighted by Gasteiger charge is -2.26. The largest absolute Gasteiger partial charge is 0.396 e. The quantitative estimate of drug-likeness (QED) is 0.907. The van der Waals surface area contributed by atoms with Gasteiger partial charge in [0, 0.05) is 37.0 Å². The minimum atomic E-state index is -0.174. The van der Waals surface area contributed by atoms with Crippen LogP contribution in [0.1, 0.15) is 27.9 Å². The molecular weight excluding hydrogens is 304 g/mol. The molecule has 0 radical (unpaired) electrons. The Labute approximate surface area is 140 Å². The van der Waals surface area contributed by atoms with E-state index in [1.807, 2.05) is 36.4 Å². The van der Waals surface area contributed by atoms with Crippen LogP contribution in [0.4, 0.5) is 11.4 Å². The Morgan fingerprint density at radius 1 is 1.17 bits per heavy atom. The second-order valence-corrected chi connectivity index (χ2v) is 5.92. The van der Waals surface area contributed by atoms with E-state index in [4.69, 9.17) is 5.11 Å². The molecule has 0 saturated carbocycles. The molecule has 0 bridgehead atoms. The number of nitrogens with zero attached hydrogens (tertiary/aromatic N) is 1. The first-order valence-corrected chi connectivity index (χ1v) is 7.99. The fourth-order valence-corrected chi connectivity index (χ4v) is 2.88.